The lowest BCUT2D eigenvalue weighted by atomic mass is 10.0. The van der Waals surface area contributed by atoms with Crippen molar-refractivity contribution in [1.29, 1.82) is 0 Å². The zero-order valence-corrected chi connectivity index (χ0v) is 16.8. The number of carbonyl (C=O) groups excluding carboxylic acids is 2. The molecule has 0 fully saturated rings. The van der Waals surface area contributed by atoms with Crippen LogP contribution in [0.25, 0.3) is 0 Å². The van der Waals surface area contributed by atoms with Crippen molar-refractivity contribution in [2.75, 3.05) is 18.5 Å². The Morgan fingerprint density at radius 1 is 1.22 bits per heavy atom. The van der Waals surface area contributed by atoms with Gasteiger partial charge in [-0.3, -0.25) is 9.59 Å². The summed E-state index contributed by atoms with van der Waals surface area (Å²) >= 11 is 1.30. The van der Waals surface area contributed by atoms with Gasteiger partial charge in [0.1, 0.15) is 5.75 Å². The molecular formula is C20H26N2O4S. The molecule has 1 heterocycles. The fourth-order valence-corrected chi connectivity index (χ4v) is 3.09. The maximum atomic E-state index is 12.0. The molecule has 7 heteroatoms. The largest absolute Gasteiger partial charge is 0.494 e. The first-order valence-corrected chi connectivity index (χ1v) is 9.98. The van der Waals surface area contributed by atoms with Gasteiger partial charge in [0.25, 0.3) is 0 Å². The zero-order chi connectivity index (χ0) is 19.6. The van der Waals surface area contributed by atoms with E-state index in [0.717, 1.165) is 5.75 Å². The molecule has 0 atom stereocenters. The first kappa shape index (κ1) is 20.9. The Morgan fingerprint density at radius 2 is 1.96 bits per heavy atom. The van der Waals surface area contributed by atoms with Crippen molar-refractivity contribution in [3.8, 4) is 5.75 Å². The van der Waals surface area contributed by atoms with E-state index in [-0.39, 0.29) is 18.3 Å². The molecule has 0 spiro atoms. The number of aromatic nitrogens is 1. The van der Waals surface area contributed by atoms with E-state index in [1.54, 1.807) is 12.3 Å². The standard InChI is InChI=1S/C20H26N2O4S/c1-4-25-19(24)12-16-13-27-20(21-16)22-18(23)6-5-11-26-17-9-7-15(8-10-17)14(2)3/h7-10,13-14H,4-6,11-12H2,1-3H3,(H,21,22,23). The summed E-state index contributed by atoms with van der Waals surface area (Å²) in [7, 11) is 0. The Kier molecular flexibility index (Phi) is 8.26. The molecule has 0 unspecified atom stereocenters. The highest BCUT2D eigenvalue weighted by Gasteiger charge is 2.10. The number of hydrogen-bond donors (Lipinski definition) is 1. The lowest BCUT2D eigenvalue weighted by Gasteiger charge is -2.08. The van der Waals surface area contributed by atoms with Gasteiger partial charge in [0.05, 0.1) is 25.3 Å². The quantitative estimate of drug-likeness (QED) is 0.487. The maximum absolute atomic E-state index is 12.0. The Hall–Kier alpha value is -2.41. The van der Waals surface area contributed by atoms with E-state index in [0.29, 0.717) is 42.8 Å². The average Bonchev–Trinajstić information content (AvgIpc) is 3.06. The summed E-state index contributed by atoms with van der Waals surface area (Å²) in [6.45, 7) is 6.87. The summed E-state index contributed by atoms with van der Waals surface area (Å²) in [6, 6.07) is 8.03. The number of nitrogens with zero attached hydrogens (tertiary/aromatic N) is 1. The normalized spacial score (nSPS) is 10.7. The molecule has 0 radical (unpaired) electrons. The monoisotopic (exact) mass is 390 g/mol. The van der Waals surface area contributed by atoms with Gasteiger partial charge in [0.2, 0.25) is 5.91 Å². The lowest BCUT2D eigenvalue weighted by Crippen LogP contribution is -2.13. The molecule has 1 N–H and O–H groups in total. The molecule has 0 aliphatic heterocycles. The van der Waals surface area contributed by atoms with E-state index >= 15 is 0 Å². The minimum atomic E-state index is -0.320. The minimum Gasteiger partial charge on any atom is -0.494 e. The second kappa shape index (κ2) is 10.7. The van der Waals surface area contributed by atoms with Crippen LogP contribution in [0.15, 0.2) is 29.6 Å². The summed E-state index contributed by atoms with van der Waals surface area (Å²) in [4.78, 5) is 27.6. The van der Waals surface area contributed by atoms with Gasteiger partial charge >= 0.3 is 5.97 Å². The van der Waals surface area contributed by atoms with Crippen molar-refractivity contribution in [3.05, 3.63) is 40.9 Å². The third-order valence-corrected chi connectivity index (χ3v) is 4.60. The summed E-state index contributed by atoms with van der Waals surface area (Å²) in [5.41, 5.74) is 1.87. The summed E-state index contributed by atoms with van der Waals surface area (Å²) in [6.07, 6.45) is 1.07. The van der Waals surface area contributed by atoms with Crippen LogP contribution < -0.4 is 10.1 Å². The first-order valence-electron chi connectivity index (χ1n) is 9.10. The highest BCUT2D eigenvalue weighted by atomic mass is 32.1. The number of anilines is 1. The number of ether oxygens (including phenoxy) is 2. The van der Waals surface area contributed by atoms with Crippen molar-refractivity contribution >= 4 is 28.3 Å². The highest BCUT2D eigenvalue weighted by Crippen LogP contribution is 2.19. The number of carbonyl (C=O) groups is 2. The molecule has 0 bridgehead atoms. The van der Waals surface area contributed by atoms with Gasteiger partial charge in [-0.15, -0.1) is 11.3 Å². The Labute approximate surface area is 163 Å². The van der Waals surface area contributed by atoms with Crippen LogP contribution in [0.2, 0.25) is 0 Å². The van der Waals surface area contributed by atoms with Crippen LogP contribution >= 0.6 is 11.3 Å². The Morgan fingerprint density at radius 3 is 2.63 bits per heavy atom. The number of rotatable bonds is 10. The number of nitrogens with one attached hydrogen (secondary N) is 1. The van der Waals surface area contributed by atoms with Crippen molar-refractivity contribution in [2.45, 2.75) is 46.0 Å². The second-order valence-electron chi connectivity index (χ2n) is 6.35. The molecule has 0 saturated heterocycles. The van der Waals surface area contributed by atoms with Crippen LogP contribution in [0.3, 0.4) is 0 Å². The molecule has 6 nitrogen and oxygen atoms in total. The van der Waals surface area contributed by atoms with Crippen LogP contribution in [0.4, 0.5) is 5.13 Å². The van der Waals surface area contributed by atoms with E-state index in [9.17, 15) is 9.59 Å². The smallest absolute Gasteiger partial charge is 0.311 e. The van der Waals surface area contributed by atoms with Gasteiger partial charge in [-0.05, 0) is 37.0 Å². The van der Waals surface area contributed by atoms with Gasteiger partial charge in [0.15, 0.2) is 5.13 Å². The Balaban J connectivity index is 1.67. The molecule has 27 heavy (non-hydrogen) atoms. The van der Waals surface area contributed by atoms with Gasteiger partial charge in [-0.2, -0.15) is 0 Å². The second-order valence-corrected chi connectivity index (χ2v) is 7.21. The predicted molar refractivity (Wildman–Crippen MR) is 106 cm³/mol. The first-order chi connectivity index (χ1) is 13.0. The predicted octanol–water partition coefficient (Wildman–Crippen LogP) is 4.17. The number of amides is 1. The van der Waals surface area contributed by atoms with E-state index in [1.165, 1.54) is 16.9 Å². The van der Waals surface area contributed by atoms with E-state index < -0.39 is 0 Å². The third-order valence-electron chi connectivity index (χ3n) is 3.79. The fraction of sp³-hybridized carbons (Fsp3) is 0.450. The summed E-state index contributed by atoms with van der Waals surface area (Å²) in [5.74, 6) is 0.861. The van der Waals surface area contributed by atoms with Gasteiger partial charge < -0.3 is 14.8 Å². The summed E-state index contributed by atoms with van der Waals surface area (Å²) < 4.78 is 10.5. The van der Waals surface area contributed by atoms with Gasteiger partial charge in [0, 0.05) is 11.8 Å². The van der Waals surface area contributed by atoms with Gasteiger partial charge in [-0.1, -0.05) is 26.0 Å². The molecular weight excluding hydrogens is 364 g/mol. The molecule has 2 aromatic rings. The van der Waals surface area contributed by atoms with Crippen LogP contribution in [0.5, 0.6) is 5.75 Å². The van der Waals surface area contributed by atoms with Crippen molar-refractivity contribution in [2.24, 2.45) is 0 Å². The van der Waals surface area contributed by atoms with E-state index in [2.05, 4.69) is 36.3 Å². The molecule has 1 amide bonds. The molecule has 146 valence electrons. The third kappa shape index (κ3) is 7.38. The van der Waals surface area contributed by atoms with E-state index in [4.69, 9.17) is 9.47 Å². The van der Waals surface area contributed by atoms with Gasteiger partial charge in [-0.25, -0.2) is 4.98 Å². The number of thiazole rings is 1. The number of benzene rings is 1. The minimum absolute atomic E-state index is 0.115. The molecule has 0 aliphatic carbocycles. The summed E-state index contributed by atoms with van der Waals surface area (Å²) in [5, 5.41) is 4.98. The van der Waals surface area contributed by atoms with Crippen LogP contribution in [0, 0.1) is 0 Å². The average molecular weight is 391 g/mol. The van der Waals surface area contributed by atoms with Crippen LogP contribution in [0.1, 0.15) is 50.8 Å². The maximum Gasteiger partial charge on any atom is 0.311 e. The van der Waals surface area contributed by atoms with E-state index in [1.807, 2.05) is 12.1 Å². The molecule has 1 aromatic carbocycles. The lowest BCUT2D eigenvalue weighted by molar-refractivity contribution is -0.142. The zero-order valence-electron chi connectivity index (χ0n) is 16.0. The SMILES string of the molecule is CCOC(=O)Cc1csc(NC(=O)CCCOc2ccc(C(C)C)cc2)n1. The van der Waals surface area contributed by atoms with Crippen LogP contribution in [-0.2, 0) is 20.7 Å². The molecule has 2 rings (SSSR count). The van der Waals surface area contributed by atoms with Crippen molar-refractivity contribution in [1.82, 2.24) is 4.98 Å². The highest BCUT2D eigenvalue weighted by molar-refractivity contribution is 7.13. The topological polar surface area (TPSA) is 77.5 Å². The van der Waals surface area contributed by atoms with Crippen molar-refractivity contribution in [3.63, 3.8) is 0 Å². The Bertz CT molecular complexity index is 741. The number of hydrogen-bond acceptors (Lipinski definition) is 6. The molecule has 0 saturated carbocycles. The van der Waals surface area contributed by atoms with Crippen molar-refractivity contribution < 1.29 is 19.1 Å². The fourth-order valence-electron chi connectivity index (χ4n) is 2.36. The molecule has 0 aliphatic rings. The van der Waals surface area contributed by atoms with Crippen LogP contribution in [-0.4, -0.2) is 30.1 Å². The number of esters is 1. The molecule has 1 aromatic heterocycles.